The lowest BCUT2D eigenvalue weighted by Gasteiger charge is -2.05. The largest absolute Gasteiger partial charge is 0.320 e. The predicted molar refractivity (Wildman–Crippen MR) is 81.9 cm³/mol. The Hall–Kier alpha value is -2.16. The van der Waals surface area contributed by atoms with E-state index in [1.165, 1.54) is 11.3 Å². The molecule has 0 spiro atoms. The van der Waals surface area contributed by atoms with Crippen LogP contribution >= 0.6 is 11.3 Å². The first-order chi connectivity index (χ1) is 9.60. The van der Waals surface area contributed by atoms with Crippen molar-refractivity contribution in [2.75, 3.05) is 11.9 Å². The zero-order valence-electron chi connectivity index (χ0n) is 11.4. The first kappa shape index (κ1) is 14.3. The summed E-state index contributed by atoms with van der Waals surface area (Å²) < 4.78 is 0. The maximum atomic E-state index is 12.2. The number of anilines is 1. The fourth-order valence-corrected chi connectivity index (χ4v) is 2.55. The van der Waals surface area contributed by atoms with Gasteiger partial charge in [-0.3, -0.25) is 4.79 Å². The highest BCUT2D eigenvalue weighted by Crippen LogP contribution is 2.18. The lowest BCUT2D eigenvalue weighted by atomic mass is 10.2. The molecule has 0 radical (unpaired) electrons. The minimum atomic E-state index is -0.196. The third-order valence-corrected chi connectivity index (χ3v) is 3.45. The number of hydrogen-bond donors (Lipinski definition) is 2. The van der Waals surface area contributed by atoms with Gasteiger partial charge in [-0.05, 0) is 43.0 Å². The van der Waals surface area contributed by atoms with Gasteiger partial charge in [-0.15, -0.1) is 11.3 Å². The van der Waals surface area contributed by atoms with E-state index in [1.807, 2.05) is 37.4 Å². The summed E-state index contributed by atoms with van der Waals surface area (Å²) in [6, 6.07) is 5.61. The van der Waals surface area contributed by atoms with Crippen molar-refractivity contribution in [3.05, 3.63) is 45.3 Å². The first-order valence-corrected chi connectivity index (χ1v) is 7.01. The van der Waals surface area contributed by atoms with Crippen LogP contribution < -0.4 is 11.1 Å². The van der Waals surface area contributed by atoms with Gasteiger partial charge in [-0.2, -0.15) is 0 Å². The van der Waals surface area contributed by atoms with Crippen molar-refractivity contribution in [2.24, 2.45) is 5.73 Å². The van der Waals surface area contributed by atoms with Crippen molar-refractivity contribution in [1.29, 1.82) is 0 Å². The number of aromatic nitrogens is 1. The lowest BCUT2D eigenvalue weighted by molar-refractivity contribution is 0.103. The second-order valence-electron chi connectivity index (χ2n) is 4.29. The molecule has 4 nitrogen and oxygen atoms in total. The zero-order valence-corrected chi connectivity index (χ0v) is 12.2. The maximum Gasteiger partial charge on any atom is 0.268 e. The number of nitrogens with zero attached hydrogens (tertiary/aromatic N) is 1. The summed E-state index contributed by atoms with van der Waals surface area (Å²) in [5, 5.41) is 4.64. The highest BCUT2D eigenvalue weighted by molar-refractivity contribution is 7.12. The average Bonchev–Trinajstić information content (AvgIpc) is 2.83. The standard InChI is InChI=1S/C15H15N3OS/c1-10-8-11(2)17-13(9-10)18-15(19)14-12(4-3-6-16)5-7-20-14/h5,7-9H,6,16H2,1-2H3,(H,17,18,19). The van der Waals surface area contributed by atoms with Gasteiger partial charge in [-0.25, -0.2) is 4.98 Å². The molecular weight excluding hydrogens is 270 g/mol. The van der Waals surface area contributed by atoms with Crippen LogP contribution in [0.2, 0.25) is 0 Å². The normalized spacial score (nSPS) is 9.75. The molecule has 0 aliphatic rings. The van der Waals surface area contributed by atoms with E-state index >= 15 is 0 Å². The first-order valence-electron chi connectivity index (χ1n) is 6.13. The molecule has 2 aromatic rings. The number of pyridine rings is 1. The van der Waals surface area contributed by atoms with Crippen LogP contribution in [0.25, 0.3) is 0 Å². The second-order valence-corrected chi connectivity index (χ2v) is 5.21. The third kappa shape index (κ3) is 3.44. The number of carbonyl (C=O) groups excluding carboxylic acids is 1. The molecule has 0 aliphatic carbocycles. The average molecular weight is 285 g/mol. The second kappa shape index (κ2) is 6.33. The Morgan fingerprint density at radius 3 is 2.95 bits per heavy atom. The van der Waals surface area contributed by atoms with Gasteiger partial charge < -0.3 is 11.1 Å². The molecule has 0 bridgehead atoms. The predicted octanol–water partition coefficient (Wildman–Crippen LogP) is 2.32. The number of carbonyl (C=O) groups is 1. The quantitative estimate of drug-likeness (QED) is 0.832. The van der Waals surface area contributed by atoms with Crippen molar-refractivity contribution >= 4 is 23.1 Å². The minimum Gasteiger partial charge on any atom is -0.320 e. The Morgan fingerprint density at radius 1 is 1.45 bits per heavy atom. The highest BCUT2D eigenvalue weighted by atomic mass is 32.1. The van der Waals surface area contributed by atoms with E-state index in [1.54, 1.807) is 0 Å². The third-order valence-electron chi connectivity index (χ3n) is 2.54. The van der Waals surface area contributed by atoms with Crippen LogP contribution in [0.4, 0.5) is 5.82 Å². The van der Waals surface area contributed by atoms with Gasteiger partial charge in [0.25, 0.3) is 5.91 Å². The number of amides is 1. The Kier molecular flexibility index (Phi) is 4.51. The molecular formula is C15H15N3OS. The number of hydrogen-bond acceptors (Lipinski definition) is 4. The molecule has 2 aromatic heterocycles. The Bertz CT molecular complexity index is 674. The van der Waals surface area contributed by atoms with E-state index in [4.69, 9.17) is 5.73 Å². The summed E-state index contributed by atoms with van der Waals surface area (Å²) in [4.78, 5) is 17.1. The van der Waals surface area contributed by atoms with E-state index < -0.39 is 0 Å². The van der Waals surface area contributed by atoms with Crippen molar-refractivity contribution < 1.29 is 4.79 Å². The molecule has 1 amide bonds. The SMILES string of the molecule is Cc1cc(C)nc(NC(=O)c2sccc2C#CCN)c1. The van der Waals surface area contributed by atoms with Gasteiger partial charge in [0.1, 0.15) is 10.7 Å². The Balaban J connectivity index is 2.22. The van der Waals surface area contributed by atoms with Gasteiger partial charge in [0.15, 0.2) is 0 Å². The van der Waals surface area contributed by atoms with Crippen molar-refractivity contribution in [2.45, 2.75) is 13.8 Å². The summed E-state index contributed by atoms with van der Waals surface area (Å²) in [5.74, 6) is 6.01. The van der Waals surface area contributed by atoms with E-state index in [0.29, 0.717) is 16.3 Å². The highest BCUT2D eigenvalue weighted by Gasteiger charge is 2.13. The van der Waals surface area contributed by atoms with Crippen LogP contribution in [-0.4, -0.2) is 17.4 Å². The van der Waals surface area contributed by atoms with Crippen LogP contribution in [0, 0.1) is 25.7 Å². The molecule has 2 heterocycles. The fourth-order valence-electron chi connectivity index (χ4n) is 1.81. The molecule has 0 unspecified atom stereocenters. The molecule has 0 aliphatic heterocycles. The molecule has 0 atom stereocenters. The van der Waals surface area contributed by atoms with E-state index in [-0.39, 0.29) is 12.5 Å². The van der Waals surface area contributed by atoms with Gasteiger partial charge in [0.05, 0.1) is 6.54 Å². The number of aryl methyl sites for hydroxylation is 2. The summed E-state index contributed by atoms with van der Waals surface area (Å²) in [6.07, 6.45) is 0. The lowest BCUT2D eigenvalue weighted by Crippen LogP contribution is -2.13. The molecule has 20 heavy (non-hydrogen) atoms. The van der Waals surface area contributed by atoms with Gasteiger partial charge in [0, 0.05) is 11.3 Å². The van der Waals surface area contributed by atoms with Crippen LogP contribution in [0.15, 0.2) is 23.6 Å². The molecule has 5 heteroatoms. The molecule has 2 rings (SSSR count). The van der Waals surface area contributed by atoms with Crippen LogP contribution in [0.3, 0.4) is 0 Å². The van der Waals surface area contributed by atoms with Crippen molar-refractivity contribution in [1.82, 2.24) is 4.98 Å². The number of rotatable bonds is 2. The summed E-state index contributed by atoms with van der Waals surface area (Å²) in [6.45, 7) is 4.13. The van der Waals surface area contributed by atoms with Crippen molar-refractivity contribution in [3.8, 4) is 11.8 Å². The summed E-state index contributed by atoms with van der Waals surface area (Å²) in [7, 11) is 0. The van der Waals surface area contributed by atoms with Gasteiger partial charge in [0.2, 0.25) is 0 Å². The van der Waals surface area contributed by atoms with E-state index in [9.17, 15) is 4.79 Å². The molecule has 0 saturated carbocycles. The van der Waals surface area contributed by atoms with E-state index in [2.05, 4.69) is 22.1 Å². The molecule has 0 saturated heterocycles. The van der Waals surface area contributed by atoms with Gasteiger partial charge >= 0.3 is 0 Å². The maximum absolute atomic E-state index is 12.2. The topological polar surface area (TPSA) is 68.0 Å². The number of nitrogens with two attached hydrogens (primary N) is 1. The molecule has 0 fully saturated rings. The van der Waals surface area contributed by atoms with Crippen molar-refractivity contribution in [3.63, 3.8) is 0 Å². The van der Waals surface area contributed by atoms with E-state index in [0.717, 1.165) is 11.3 Å². The minimum absolute atomic E-state index is 0.196. The summed E-state index contributed by atoms with van der Waals surface area (Å²) in [5.41, 5.74) is 7.97. The zero-order chi connectivity index (χ0) is 14.5. The Labute approximate surface area is 122 Å². The van der Waals surface area contributed by atoms with Crippen LogP contribution in [-0.2, 0) is 0 Å². The Morgan fingerprint density at radius 2 is 2.25 bits per heavy atom. The van der Waals surface area contributed by atoms with Crippen LogP contribution in [0.1, 0.15) is 26.5 Å². The summed E-state index contributed by atoms with van der Waals surface area (Å²) >= 11 is 1.35. The molecule has 0 aromatic carbocycles. The smallest absolute Gasteiger partial charge is 0.268 e. The van der Waals surface area contributed by atoms with Crippen LogP contribution in [0.5, 0.6) is 0 Å². The number of thiophene rings is 1. The fraction of sp³-hybridized carbons (Fsp3) is 0.200. The number of nitrogens with one attached hydrogen (secondary N) is 1. The molecule has 3 N–H and O–H groups in total. The van der Waals surface area contributed by atoms with Gasteiger partial charge in [-0.1, -0.05) is 11.8 Å². The monoisotopic (exact) mass is 285 g/mol. The molecule has 102 valence electrons.